The maximum Gasteiger partial charge on any atom is 0.309 e. The lowest BCUT2D eigenvalue weighted by atomic mass is 9.70. The van der Waals surface area contributed by atoms with E-state index in [1.807, 2.05) is 0 Å². The van der Waals surface area contributed by atoms with Crippen LogP contribution < -0.4 is 5.32 Å². The number of carbonyl (C=O) groups excluding carboxylic acids is 1. The molecule has 1 heterocycles. The van der Waals surface area contributed by atoms with Crippen molar-refractivity contribution < 1.29 is 9.53 Å². The Morgan fingerprint density at radius 3 is 2.53 bits per heavy atom. The van der Waals surface area contributed by atoms with Crippen LogP contribution in [0, 0.1) is 18.3 Å². The van der Waals surface area contributed by atoms with Crippen molar-refractivity contribution >= 4 is 28.6 Å². The molecular formula is C29H39N3O2. The molecule has 0 unspecified atom stereocenters. The summed E-state index contributed by atoms with van der Waals surface area (Å²) in [6, 6.07) is 13.3. The molecule has 2 aromatic carbocycles. The number of imidazole rings is 1. The van der Waals surface area contributed by atoms with E-state index in [9.17, 15) is 4.79 Å². The van der Waals surface area contributed by atoms with Crippen molar-refractivity contribution in [2.45, 2.75) is 79.2 Å². The van der Waals surface area contributed by atoms with Gasteiger partial charge < -0.3 is 14.6 Å². The fraction of sp³-hybridized carbons (Fsp3) is 0.517. The van der Waals surface area contributed by atoms with E-state index in [0.717, 1.165) is 46.6 Å². The second-order valence-corrected chi connectivity index (χ2v) is 11.3. The molecule has 0 spiro atoms. The third kappa shape index (κ3) is 5.13. The zero-order valence-corrected chi connectivity index (χ0v) is 21.7. The topological polar surface area (TPSA) is 56.1 Å². The van der Waals surface area contributed by atoms with Gasteiger partial charge in [0.05, 0.1) is 24.6 Å². The van der Waals surface area contributed by atoms with Crippen LogP contribution in [0.25, 0.3) is 11.0 Å². The maximum absolute atomic E-state index is 12.0. The van der Waals surface area contributed by atoms with Crippen LogP contribution in [0.1, 0.15) is 82.5 Å². The van der Waals surface area contributed by atoms with E-state index in [4.69, 9.17) is 9.72 Å². The Morgan fingerprint density at radius 1 is 1.21 bits per heavy atom. The van der Waals surface area contributed by atoms with Gasteiger partial charge in [-0.1, -0.05) is 46.8 Å². The predicted molar refractivity (Wildman–Crippen MR) is 140 cm³/mol. The number of nitrogens with zero attached hydrogens (tertiary/aromatic N) is 2. The van der Waals surface area contributed by atoms with Gasteiger partial charge >= 0.3 is 5.97 Å². The highest BCUT2D eigenvalue weighted by Crippen LogP contribution is 2.46. The second kappa shape index (κ2) is 9.44. The van der Waals surface area contributed by atoms with E-state index in [1.165, 1.54) is 19.1 Å². The van der Waals surface area contributed by atoms with Crippen molar-refractivity contribution in [3.05, 3.63) is 53.1 Å². The van der Waals surface area contributed by atoms with Crippen LogP contribution >= 0.6 is 0 Å². The van der Waals surface area contributed by atoms with Crippen molar-refractivity contribution in [3.8, 4) is 0 Å². The predicted octanol–water partition coefficient (Wildman–Crippen LogP) is 7.31. The zero-order chi connectivity index (χ0) is 24.6. The summed E-state index contributed by atoms with van der Waals surface area (Å²) in [6.45, 7) is 13.6. The number of rotatable bonds is 6. The number of hydrogen-bond acceptors (Lipinski definition) is 4. The molecular weight excluding hydrogens is 422 g/mol. The van der Waals surface area contributed by atoms with Crippen molar-refractivity contribution in [1.82, 2.24) is 9.55 Å². The highest BCUT2D eigenvalue weighted by Gasteiger charge is 2.34. The van der Waals surface area contributed by atoms with Gasteiger partial charge in [0.25, 0.3) is 0 Å². The number of aryl methyl sites for hydroxylation is 1. The first kappa shape index (κ1) is 24.3. The van der Waals surface area contributed by atoms with Gasteiger partial charge in [-0.25, -0.2) is 4.98 Å². The minimum absolute atomic E-state index is 0.228. The minimum Gasteiger partial charge on any atom is -0.469 e. The largest absolute Gasteiger partial charge is 0.469 e. The standard InChI is InChI=1S/C29H39N3O2/c1-18(2)21-8-10-23(11-9-21)30-28-31-25-14-22(15-27(33)34-7)20(4)13-26(25)32(28)24-12-19(3)16-29(5,6)17-24/h8-11,13-14,18-19,24H,12,15-17H2,1-7H3,(H,30,31)/t19-,24+/m0/s1. The smallest absolute Gasteiger partial charge is 0.309 e. The van der Waals surface area contributed by atoms with Gasteiger partial charge in [0.15, 0.2) is 0 Å². The molecule has 1 fully saturated rings. The van der Waals surface area contributed by atoms with E-state index < -0.39 is 0 Å². The minimum atomic E-state index is -0.228. The van der Waals surface area contributed by atoms with E-state index in [2.05, 4.69) is 87.8 Å². The van der Waals surface area contributed by atoms with Gasteiger partial charge in [0, 0.05) is 11.7 Å². The van der Waals surface area contributed by atoms with Crippen LogP contribution in [0.4, 0.5) is 11.6 Å². The Balaban J connectivity index is 1.80. The monoisotopic (exact) mass is 461 g/mol. The molecule has 0 radical (unpaired) electrons. The number of methoxy groups -OCH3 is 1. The van der Waals surface area contributed by atoms with E-state index in [1.54, 1.807) is 0 Å². The molecule has 2 atom stereocenters. The number of carbonyl (C=O) groups is 1. The molecule has 0 saturated heterocycles. The molecule has 0 amide bonds. The highest BCUT2D eigenvalue weighted by molar-refractivity contribution is 5.83. The number of esters is 1. The fourth-order valence-electron chi connectivity index (χ4n) is 5.74. The molecule has 1 aromatic heterocycles. The summed E-state index contributed by atoms with van der Waals surface area (Å²) >= 11 is 0. The van der Waals surface area contributed by atoms with Gasteiger partial charge in [0.2, 0.25) is 5.95 Å². The number of fused-ring (bicyclic) bond motifs is 1. The van der Waals surface area contributed by atoms with Gasteiger partial charge in [0.1, 0.15) is 0 Å². The molecule has 5 heteroatoms. The summed E-state index contributed by atoms with van der Waals surface area (Å²) in [4.78, 5) is 17.0. The Morgan fingerprint density at radius 2 is 1.91 bits per heavy atom. The van der Waals surface area contributed by atoms with E-state index >= 15 is 0 Å². The van der Waals surface area contributed by atoms with Crippen LogP contribution in [0.5, 0.6) is 0 Å². The number of aromatic nitrogens is 2. The average molecular weight is 462 g/mol. The van der Waals surface area contributed by atoms with Crippen molar-refractivity contribution in [1.29, 1.82) is 0 Å². The lowest BCUT2D eigenvalue weighted by Crippen LogP contribution is -2.29. The van der Waals surface area contributed by atoms with Crippen LogP contribution in [0.2, 0.25) is 0 Å². The summed E-state index contributed by atoms with van der Waals surface area (Å²) in [5, 5.41) is 3.62. The molecule has 5 nitrogen and oxygen atoms in total. The SMILES string of the molecule is COC(=O)Cc1cc2nc(Nc3ccc(C(C)C)cc3)n([C@@H]3C[C@H](C)CC(C)(C)C3)c2cc1C. The van der Waals surface area contributed by atoms with Gasteiger partial charge in [-0.15, -0.1) is 0 Å². The Labute approximate surface area is 203 Å². The van der Waals surface area contributed by atoms with Gasteiger partial charge in [-0.3, -0.25) is 4.79 Å². The molecule has 3 aromatic rings. The highest BCUT2D eigenvalue weighted by atomic mass is 16.5. The maximum atomic E-state index is 12.0. The number of ether oxygens (including phenoxy) is 1. The first-order valence-electron chi connectivity index (χ1n) is 12.5. The molecule has 1 aliphatic rings. The van der Waals surface area contributed by atoms with Gasteiger partial charge in [-0.2, -0.15) is 0 Å². The first-order chi connectivity index (χ1) is 16.1. The molecule has 0 bridgehead atoms. The molecule has 4 rings (SSSR count). The second-order valence-electron chi connectivity index (χ2n) is 11.3. The van der Waals surface area contributed by atoms with Gasteiger partial charge in [-0.05, 0) is 84.4 Å². The molecule has 0 aliphatic heterocycles. The Bertz CT molecular complexity index is 1170. The summed E-state index contributed by atoms with van der Waals surface area (Å²) in [6.07, 6.45) is 3.77. The van der Waals surface area contributed by atoms with E-state index in [-0.39, 0.29) is 17.8 Å². The van der Waals surface area contributed by atoms with Crippen molar-refractivity contribution in [3.63, 3.8) is 0 Å². The molecule has 182 valence electrons. The average Bonchev–Trinajstić information content (AvgIpc) is 3.09. The van der Waals surface area contributed by atoms with Crippen molar-refractivity contribution in [2.75, 3.05) is 12.4 Å². The Kier molecular flexibility index (Phi) is 6.75. The summed E-state index contributed by atoms with van der Waals surface area (Å²) < 4.78 is 7.32. The van der Waals surface area contributed by atoms with E-state index in [0.29, 0.717) is 17.9 Å². The molecule has 1 saturated carbocycles. The molecule has 1 aliphatic carbocycles. The van der Waals surface area contributed by atoms with Crippen LogP contribution in [0.3, 0.4) is 0 Å². The van der Waals surface area contributed by atoms with Crippen LogP contribution in [0.15, 0.2) is 36.4 Å². The lowest BCUT2D eigenvalue weighted by molar-refractivity contribution is -0.139. The lowest BCUT2D eigenvalue weighted by Gasteiger charge is -2.40. The normalized spacial score (nSPS) is 20.0. The molecule has 1 N–H and O–H groups in total. The Hall–Kier alpha value is -2.82. The number of nitrogens with one attached hydrogen (secondary N) is 1. The summed E-state index contributed by atoms with van der Waals surface area (Å²) in [5.74, 6) is 1.80. The fourth-order valence-corrected chi connectivity index (χ4v) is 5.74. The van der Waals surface area contributed by atoms with Crippen LogP contribution in [-0.4, -0.2) is 22.6 Å². The number of hydrogen-bond donors (Lipinski definition) is 1. The first-order valence-corrected chi connectivity index (χ1v) is 12.5. The zero-order valence-electron chi connectivity index (χ0n) is 21.7. The van der Waals surface area contributed by atoms with Crippen LogP contribution in [-0.2, 0) is 16.0 Å². The summed E-state index contributed by atoms with van der Waals surface area (Å²) in [5.41, 5.74) is 6.75. The number of benzene rings is 2. The van der Waals surface area contributed by atoms with Crippen molar-refractivity contribution in [2.24, 2.45) is 11.3 Å². The third-order valence-corrected chi connectivity index (χ3v) is 7.27. The quantitative estimate of drug-likeness (QED) is 0.391. The number of anilines is 2. The third-order valence-electron chi connectivity index (χ3n) is 7.27. The molecule has 34 heavy (non-hydrogen) atoms. The summed E-state index contributed by atoms with van der Waals surface area (Å²) in [7, 11) is 1.43.